The number of carbonyl (C=O) groups excluding carboxylic acids is 1. The van der Waals surface area contributed by atoms with Crippen LogP contribution in [0.5, 0.6) is 5.75 Å². The van der Waals surface area contributed by atoms with E-state index in [4.69, 9.17) is 16.3 Å². The molecular formula is C18H21ClN2O2. The summed E-state index contributed by atoms with van der Waals surface area (Å²) in [4.78, 5) is 11.9. The molecule has 0 aromatic heterocycles. The molecule has 2 N–H and O–H groups in total. The molecule has 0 aliphatic carbocycles. The Labute approximate surface area is 141 Å². The van der Waals surface area contributed by atoms with E-state index < -0.39 is 0 Å². The van der Waals surface area contributed by atoms with Gasteiger partial charge in [-0.3, -0.25) is 4.79 Å². The zero-order valence-corrected chi connectivity index (χ0v) is 14.1. The number of hydrogen-bond donors (Lipinski definition) is 2. The van der Waals surface area contributed by atoms with Crippen molar-refractivity contribution in [1.82, 2.24) is 0 Å². The molecule has 0 saturated heterocycles. The zero-order valence-electron chi connectivity index (χ0n) is 13.3. The first kappa shape index (κ1) is 17.2. The van der Waals surface area contributed by atoms with Crippen molar-refractivity contribution < 1.29 is 9.53 Å². The monoisotopic (exact) mass is 332 g/mol. The quantitative estimate of drug-likeness (QED) is 0.781. The molecule has 0 bridgehead atoms. The van der Waals surface area contributed by atoms with Crippen molar-refractivity contribution in [2.45, 2.75) is 26.4 Å². The van der Waals surface area contributed by atoms with Gasteiger partial charge in [0.15, 0.2) is 0 Å². The van der Waals surface area contributed by atoms with Crippen LogP contribution in [0.25, 0.3) is 0 Å². The number of nitrogens with one attached hydrogen (secondary N) is 2. The summed E-state index contributed by atoms with van der Waals surface area (Å²) in [6.07, 6.45) is 1.11. The van der Waals surface area contributed by atoms with E-state index in [9.17, 15) is 4.79 Å². The molecule has 0 radical (unpaired) electrons. The van der Waals surface area contributed by atoms with Gasteiger partial charge in [0.1, 0.15) is 5.75 Å². The fourth-order valence-corrected chi connectivity index (χ4v) is 2.04. The molecule has 2 rings (SSSR count). The van der Waals surface area contributed by atoms with Crippen LogP contribution in [0.1, 0.15) is 20.3 Å². The Morgan fingerprint density at radius 2 is 1.91 bits per heavy atom. The molecule has 2 aromatic carbocycles. The Morgan fingerprint density at radius 1 is 1.17 bits per heavy atom. The first-order chi connectivity index (χ1) is 11.1. The van der Waals surface area contributed by atoms with Gasteiger partial charge >= 0.3 is 0 Å². The number of rotatable bonds is 7. The van der Waals surface area contributed by atoms with Gasteiger partial charge in [0.05, 0.1) is 12.6 Å². The second-order valence-corrected chi connectivity index (χ2v) is 5.71. The molecule has 122 valence electrons. The summed E-state index contributed by atoms with van der Waals surface area (Å²) in [5.74, 6) is 0.669. The normalized spacial score (nSPS) is 11.6. The van der Waals surface area contributed by atoms with E-state index in [2.05, 4.69) is 17.6 Å². The molecule has 23 heavy (non-hydrogen) atoms. The Morgan fingerprint density at radius 3 is 2.61 bits per heavy atom. The minimum atomic E-state index is -0.124. The van der Waals surface area contributed by atoms with E-state index in [0.717, 1.165) is 23.5 Å². The summed E-state index contributed by atoms with van der Waals surface area (Å²) in [5, 5.41) is 6.53. The van der Waals surface area contributed by atoms with Crippen molar-refractivity contribution in [3.8, 4) is 5.75 Å². The lowest BCUT2D eigenvalue weighted by atomic mass is 10.2. The summed E-state index contributed by atoms with van der Waals surface area (Å²) in [5.41, 5.74) is 1.56. The third-order valence-electron chi connectivity index (χ3n) is 3.33. The van der Waals surface area contributed by atoms with Crippen LogP contribution >= 0.6 is 11.6 Å². The number of amides is 1. The fraction of sp³-hybridized carbons (Fsp3) is 0.278. The molecule has 0 heterocycles. The third kappa shape index (κ3) is 5.83. The average Bonchev–Trinajstić information content (AvgIpc) is 2.55. The van der Waals surface area contributed by atoms with E-state index in [1.165, 1.54) is 0 Å². The molecule has 0 aliphatic heterocycles. The zero-order chi connectivity index (χ0) is 16.7. The van der Waals surface area contributed by atoms with Crippen LogP contribution in [0, 0.1) is 0 Å². The van der Waals surface area contributed by atoms with E-state index in [0.29, 0.717) is 5.02 Å². The highest BCUT2D eigenvalue weighted by Gasteiger charge is 2.05. The molecule has 0 saturated carbocycles. The van der Waals surface area contributed by atoms with Crippen LogP contribution < -0.4 is 15.4 Å². The van der Waals surface area contributed by atoms with Crippen molar-refractivity contribution in [1.29, 1.82) is 0 Å². The van der Waals surface area contributed by atoms with Crippen LogP contribution in [0.4, 0.5) is 11.4 Å². The Bertz CT molecular complexity index is 644. The van der Waals surface area contributed by atoms with Gasteiger partial charge in [-0.25, -0.2) is 0 Å². The van der Waals surface area contributed by atoms with Crippen LogP contribution in [0.15, 0.2) is 48.5 Å². The van der Waals surface area contributed by atoms with Crippen LogP contribution in [-0.4, -0.2) is 18.6 Å². The van der Waals surface area contributed by atoms with Crippen LogP contribution in [0.3, 0.4) is 0 Å². The highest BCUT2D eigenvalue weighted by atomic mass is 35.5. The highest BCUT2D eigenvalue weighted by Crippen LogP contribution is 2.19. The van der Waals surface area contributed by atoms with Gasteiger partial charge < -0.3 is 15.4 Å². The molecule has 4 nitrogen and oxygen atoms in total. The summed E-state index contributed by atoms with van der Waals surface area (Å²) >= 11 is 5.81. The Balaban J connectivity index is 1.86. The summed E-state index contributed by atoms with van der Waals surface area (Å²) in [7, 11) is 0. The van der Waals surface area contributed by atoms with E-state index in [1.807, 2.05) is 31.2 Å². The number of benzene rings is 2. The van der Waals surface area contributed by atoms with Crippen molar-refractivity contribution >= 4 is 28.9 Å². The maximum atomic E-state index is 11.9. The highest BCUT2D eigenvalue weighted by molar-refractivity contribution is 6.30. The van der Waals surface area contributed by atoms with Gasteiger partial charge in [0.2, 0.25) is 5.91 Å². The second-order valence-electron chi connectivity index (χ2n) is 5.27. The number of carbonyl (C=O) groups is 1. The van der Waals surface area contributed by atoms with E-state index >= 15 is 0 Å². The largest absolute Gasteiger partial charge is 0.491 e. The molecule has 2 aromatic rings. The average molecular weight is 333 g/mol. The van der Waals surface area contributed by atoms with Gasteiger partial charge in [0.25, 0.3) is 0 Å². The first-order valence-electron chi connectivity index (χ1n) is 7.63. The summed E-state index contributed by atoms with van der Waals surface area (Å²) in [6.45, 7) is 4.28. The maximum absolute atomic E-state index is 11.9. The SMILES string of the molecule is CCC(C)Oc1cccc(NCC(=O)Nc2ccc(Cl)cc2)c1. The number of anilines is 2. The molecule has 0 spiro atoms. The van der Waals surface area contributed by atoms with Crippen molar-refractivity contribution in [2.24, 2.45) is 0 Å². The minimum absolute atomic E-state index is 0.124. The van der Waals surface area contributed by atoms with Gasteiger partial charge in [0, 0.05) is 22.5 Å². The maximum Gasteiger partial charge on any atom is 0.243 e. The number of ether oxygens (including phenoxy) is 1. The third-order valence-corrected chi connectivity index (χ3v) is 3.58. The standard InChI is InChI=1S/C18H21ClN2O2/c1-3-13(2)23-17-6-4-5-16(11-17)20-12-18(22)21-15-9-7-14(19)8-10-15/h4-11,13,20H,3,12H2,1-2H3,(H,21,22). The Kier molecular flexibility index (Phi) is 6.29. The topological polar surface area (TPSA) is 50.4 Å². The molecule has 1 unspecified atom stereocenters. The predicted octanol–water partition coefficient (Wildman–Crippen LogP) is 4.57. The van der Waals surface area contributed by atoms with Crippen molar-refractivity contribution in [3.05, 3.63) is 53.6 Å². The van der Waals surface area contributed by atoms with Crippen LogP contribution in [-0.2, 0) is 4.79 Å². The summed E-state index contributed by atoms with van der Waals surface area (Å²) < 4.78 is 5.76. The van der Waals surface area contributed by atoms with Gasteiger partial charge in [-0.05, 0) is 49.7 Å². The molecular weight excluding hydrogens is 312 g/mol. The minimum Gasteiger partial charge on any atom is -0.491 e. The number of hydrogen-bond acceptors (Lipinski definition) is 3. The molecule has 0 aliphatic rings. The van der Waals surface area contributed by atoms with E-state index in [1.54, 1.807) is 24.3 Å². The molecule has 5 heteroatoms. The van der Waals surface area contributed by atoms with Crippen LogP contribution in [0.2, 0.25) is 5.02 Å². The number of halogens is 1. The molecule has 0 fully saturated rings. The van der Waals surface area contributed by atoms with Crippen molar-refractivity contribution in [3.63, 3.8) is 0 Å². The summed E-state index contributed by atoms with van der Waals surface area (Å²) in [6, 6.07) is 14.6. The predicted molar refractivity (Wildman–Crippen MR) is 95.4 cm³/mol. The van der Waals surface area contributed by atoms with Gasteiger partial charge in [-0.15, -0.1) is 0 Å². The lowest BCUT2D eigenvalue weighted by Gasteiger charge is -2.14. The van der Waals surface area contributed by atoms with Gasteiger partial charge in [-0.1, -0.05) is 24.6 Å². The lowest BCUT2D eigenvalue weighted by Crippen LogP contribution is -2.21. The lowest BCUT2D eigenvalue weighted by molar-refractivity contribution is -0.114. The molecule has 1 atom stereocenters. The smallest absolute Gasteiger partial charge is 0.243 e. The van der Waals surface area contributed by atoms with E-state index in [-0.39, 0.29) is 18.6 Å². The molecule has 1 amide bonds. The van der Waals surface area contributed by atoms with Crippen molar-refractivity contribution in [2.75, 3.05) is 17.2 Å². The Hall–Kier alpha value is -2.20. The second kappa shape index (κ2) is 8.44. The first-order valence-corrected chi connectivity index (χ1v) is 8.00. The van der Waals surface area contributed by atoms with Gasteiger partial charge in [-0.2, -0.15) is 0 Å². The fourth-order valence-electron chi connectivity index (χ4n) is 1.92.